The Morgan fingerprint density at radius 3 is 2.71 bits per heavy atom. The standard InChI is InChI=1S/C16H27N3O2/c1-16(2,15(17)19-20)10-6-11-18-12-9-13-7-4-5-8-14(13)21-3/h4-5,7-8,18,20H,6,9-12H2,1-3H3,(H2,17,19). The number of para-hydroxylation sites is 1. The number of ether oxygens (including phenoxy) is 1. The number of hydrogen-bond donors (Lipinski definition) is 3. The van der Waals surface area contributed by atoms with Gasteiger partial charge in [0.15, 0.2) is 0 Å². The molecular weight excluding hydrogens is 266 g/mol. The molecule has 1 aromatic carbocycles. The topological polar surface area (TPSA) is 79.9 Å². The summed E-state index contributed by atoms with van der Waals surface area (Å²) in [5.74, 6) is 1.23. The van der Waals surface area contributed by atoms with Crippen LogP contribution in [0.25, 0.3) is 0 Å². The van der Waals surface area contributed by atoms with Crippen molar-refractivity contribution in [2.75, 3.05) is 20.2 Å². The van der Waals surface area contributed by atoms with Crippen LogP contribution in [0, 0.1) is 5.41 Å². The van der Waals surface area contributed by atoms with Gasteiger partial charge in [0.05, 0.1) is 7.11 Å². The molecule has 0 heterocycles. The summed E-state index contributed by atoms with van der Waals surface area (Å²) in [6.45, 7) is 5.79. The third kappa shape index (κ3) is 5.63. The summed E-state index contributed by atoms with van der Waals surface area (Å²) in [5.41, 5.74) is 6.61. The van der Waals surface area contributed by atoms with E-state index in [2.05, 4.69) is 16.5 Å². The predicted molar refractivity (Wildman–Crippen MR) is 86.0 cm³/mol. The summed E-state index contributed by atoms with van der Waals surface area (Å²) >= 11 is 0. The van der Waals surface area contributed by atoms with Gasteiger partial charge in [-0.3, -0.25) is 0 Å². The van der Waals surface area contributed by atoms with Crippen molar-refractivity contribution in [3.05, 3.63) is 29.8 Å². The molecule has 0 saturated carbocycles. The first-order chi connectivity index (χ1) is 10.0. The van der Waals surface area contributed by atoms with Crippen molar-refractivity contribution in [3.63, 3.8) is 0 Å². The van der Waals surface area contributed by atoms with Gasteiger partial charge in [-0.15, -0.1) is 0 Å². The number of benzene rings is 1. The molecule has 4 N–H and O–H groups in total. The number of oxime groups is 1. The molecule has 1 rings (SSSR count). The van der Waals surface area contributed by atoms with Crippen LogP contribution in [0.2, 0.25) is 0 Å². The molecule has 0 aromatic heterocycles. The first-order valence-electron chi connectivity index (χ1n) is 7.32. The Morgan fingerprint density at radius 2 is 2.05 bits per heavy atom. The summed E-state index contributed by atoms with van der Waals surface area (Å²) in [5, 5.41) is 15.2. The van der Waals surface area contributed by atoms with Gasteiger partial charge in [-0.2, -0.15) is 0 Å². The highest BCUT2D eigenvalue weighted by molar-refractivity contribution is 5.85. The van der Waals surface area contributed by atoms with Crippen molar-refractivity contribution in [1.82, 2.24) is 5.32 Å². The van der Waals surface area contributed by atoms with Crippen LogP contribution in [0.3, 0.4) is 0 Å². The Kier molecular flexibility index (Phi) is 7.02. The highest BCUT2D eigenvalue weighted by Crippen LogP contribution is 2.22. The van der Waals surface area contributed by atoms with E-state index < -0.39 is 0 Å². The zero-order valence-corrected chi connectivity index (χ0v) is 13.2. The van der Waals surface area contributed by atoms with Crippen LogP contribution < -0.4 is 15.8 Å². The van der Waals surface area contributed by atoms with Gasteiger partial charge in [-0.1, -0.05) is 37.2 Å². The van der Waals surface area contributed by atoms with Crippen LogP contribution in [-0.2, 0) is 6.42 Å². The van der Waals surface area contributed by atoms with Gasteiger partial charge in [0.1, 0.15) is 11.6 Å². The van der Waals surface area contributed by atoms with E-state index in [1.54, 1.807) is 7.11 Å². The van der Waals surface area contributed by atoms with Crippen molar-refractivity contribution in [2.45, 2.75) is 33.1 Å². The lowest BCUT2D eigenvalue weighted by molar-refractivity contribution is 0.304. The minimum absolute atomic E-state index is 0.265. The first kappa shape index (κ1) is 17.3. The Bertz CT molecular complexity index is 459. The van der Waals surface area contributed by atoms with E-state index in [1.165, 1.54) is 5.56 Å². The van der Waals surface area contributed by atoms with E-state index in [4.69, 9.17) is 15.7 Å². The Labute approximate surface area is 127 Å². The van der Waals surface area contributed by atoms with Gasteiger partial charge < -0.3 is 21.0 Å². The molecular formula is C16H27N3O2. The molecule has 0 amide bonds. The molecule has 5 heteroatoms. The maximum Gasteiger partial charge on any atom is 0.144 e. The highest BCUT2D eigenvalue weighted by Gasteiger charge is 2.22. The second-order valence-electron chi connectivity index (χ2n) is 5.78. The minimum Gasteiger partial charge on any atom is -0.496 e. The molecule has 0 atom stereocenters. The van der Waals surface area contributed by atoms with Crippen molar-refractivity contribution < 1.29 is 9.94 Å². The zero-order chi connectivity index (χ0) is 15.7. The van der Waals surface area contributed by atoms with Gasteiger partial charge in [0, 0.05) is 5.41 Å². The van der Waals surface area contributed by atoms with Gasteiger partial charge in [-0.25, -0.2) is 0 Å². The van der Waals surface area contributed by atoms with Crippen molar-refractivity contribution in [2.24, 2.45) is 16.3 Å². The number of nitrogens with one attached hydrogen (secondary N) is 1. The second-order valence-corrected chi connectivity index (χ2v) is 5.78. The SMILES string of the molecule is COc1ccccc1CCNCCCC(C)(C)/C(N)=N/O. The summed E-state index contributed by atoms with van der Waals surface area (Å²) in [7, 11) is 1.70. The van der Waals surface area contributed by atoms with Crippen LogP contribution in [0.1, 0.15) is 32.3 Å². The number of nitrogens with two attached hydrogens (primary N) is 1. The van der Waals surface area contributed by atoms with Gasteiger partial charge >= 0.3 is 0 Å². The van der Waals surface area contributed by atoms with E-state index in [-0.39, 0.29) is 11.3 Å². The molecule has 0 radical (unpaired) electrons. The number of amidine groups is 1. The molecule has 0 saturated heterocycles. The van der Waals surface area contributed by atoms with Crippen LogP contribution in [-0.4, -0.2) is 31.2 Å². The molecule has 0 unspecified atom stereocenters. The molecule has 0 aliphatic heterocycles. The van der Waals surface area contributed by atoms with E-state index in [0.29, 0.717) is 0 Å². The summed E-state index contributed by atoms with van der Waals surface area (Å²) in [4.78, 5) is 0. The lowest BCUT2D eigenvalue weighted by Gasteiger charge is -2.22. The Balaban J connectivity index is 2.24. The zero-order valence-electron chi connectivity index (χ0n) is 13.2. The van der Waals surface area contributed by atoms with Gasteiger partial charge in [0.2, 0.25) is 0 Å². The maximum atomic E-state index is 8.72. The fourth-order valence-electron chi connectivity index (χ4n) is 2.18. The van der Waals surface area contributed by atoms with E-state index in [9.17, 15) is 0 Å². The molecule has 5 nitrogen and oxygen atoms in total. The lowest BCUT2D eigenvalue weighted by Crippen LogP contribution is -2.32. The van der Waals surface area contributed by atoms with Crippen molar-refractivity contribution >= 4 is 5.84 Å². The molecule has 21 heavy (non-hydrogen) atoms. The smallest absolute Gasteiger partial charge is 0.144 e. The lowest BCUT2D eigenvalue weighted by atomic mass is 9.86. The van der Waals surface area contributed by atoms with Crippen molar-refractivity contribution in [1.29, 1.82) is 0 Å². The highest BCUT2D eigenvalue weighted by atomic mass is 16.5. The average molecular weight is 293 g/mol. The van der Waals surface area contributed by atoms with Crippen LogP contribution >= 0.6 is 0 Å². The first-order valence-corrected chi connectivity index (χ1v) is 7.32. The fraction of sp³-hybridized carbons (Fsp3) is 0.562. The monoisotopic (exact) mass is 293 g/mol. The van der Waals surface area contributed by atoms with E-state index in [0.717, 1.165) is 38.1 Å². The number of rotatable bonds is 9. The molecule has 0 bridgehead atoms. The van der Waals surface area contributed by atoms with Crippen LogP contribution in [0.15, 0.2) is 29.4 Å². The normalized spacial score (nSPS) is 12.4. The van der Waals surface area contributed by atoms with Crippen molar-refractivity contribution in [3.8, 4) is 5.75 Å². The predicted octanol–water partition coefficient (Wildman–Crippen LogP) is 2.38. The summed E-state index contributed by atoms with van der Waals surface area (Å²) in [6.07, 6.45) is 2.80. The van der Waals surface area contributed by atoms with E-state index in [1.807, 2.05) is 32.0 Å². The Morgan fingerprint density at radius 1 is 1.33 bits per heavy atom. The second kappa shape index (κ2) is 8.52. The third-order valence-corrected chi connectivity index (χ3v) is 3.72. The average Bonchev–Trinajstić information content (AvgIpc) is 2.50. The number of methoxy groups -OCH3 is 1. The molecule has 118 valence electrons. The third-order valence-electron chi connectivity index (χ3n) is 3.72. The van der Waals surface area contributed by atoms with Gasteiger partial charge in [0.25, 0.3) is 0 Å². The summed E-state index contributed by atoms with van der Waals surface area (Å²) < 4.78 is 5.33. The number of hydrogen-bond acceptors (Lipinski definition) is 4. The number of nitrogens with zero attached hydrogens (tertiary/aromatic N) is 1. The molecule has 0 aliphatic rings. The molecule has 0 spiro atoms. The van der Waals surface area contributed by atoms with Gasteiger partial charge in [-0.05, 0) is 44.0 Å². The molecule has 0 fully saturated rings. The van der Waals surface area contributed by atoms with Crippen LogP contribution in [0.4, 0.5) is 0 Å². The largest absolute Gasteiger partial charge is 0.496 e. The molecule has 1 aromatic rings. The molecule has 0 aliphatic carbocycles. The van der Waals surface area contributed by atoms with E-state index >= 15 is 0 Å². The maximum absolute atomic E-state index is 8.72. The Hall–Kier alpha value is -1.75. The minimum atomic E-state index is -0.265. The quantitative estimate of drug-likeness (QED) is 0.215. The van der Waals surface area contributed by atoms with Crippen LogP contribution in [0.5, 0.6) is 5.75 Å². The fourth-order valence-corrected chi connectivity index (χ4v) is 2.18. The summed E-state index contributed by atoms with van der Waals surface area (Å²) in [6, 6.07) is 8.07.